The maximum absolute atomic E-state index is 12.0. The summed E-state index contributed by atoms with van der Waals surface area (Å²) in [4.78, 5) is 27.1. The number of benzene rings is 1. The summed E-state index contributed by atoms with van der Waals surface area (Å²) in [6.07, 6.45) is 2.50. The van der Waals surface area contributed by atoms with Crippen LogP contribution in [0.1, 0.15) is 17.3 Å². The second-order valence-corrected chi connectivity index (χ2v) is 4.24. The maximum atomic E-state index is 12.0. The summed E-state index contributed by atoms with van der Waals surface area (Å²) in [5.74, 6) is -0.409. The number of aromatic nitrogens is 3. The third-order valence-electron chi connectivity index (χ3n) is 2.66. The lowest BCUT2D eigenvalue weighted by Crippen LogP contribution is -2.15. The predicted molar refractivity (Wildman–Crippen MR) is 78.8 cm³/mol. The molecular formula is C14H12N6O2. The molecule has 0 atom stereocenters. The third kappa shape index (κ3) is 3.77. The first-order valence-electron chi connectivity index (χ1n) is 6.24. The van der Waals surface area contributed by atoms with Gasteiger partial charge in [0.2, 0.25) is 5.95 Å². The number of nitriles is 1. The molecule has 0 radical (unpaired) electrons. The summed E-state index contributed by atoms with van der Waals surface area (Å²) in [7, 11) is 0. The topological polar surface area (TPSA) is 124 Å². The first-order valence-corrected chi connectivity index (χ1v) is 6.24. The molecule has 0 saturated heterocycles. The van der Waals surface area contributed by atoms with Crippen LogP contribution in [0.4, 0.5) is 11.6 Å². The summed E-state index contributed by atoms with van der Waals surface area (Å²) in [5, 5.41) is 20.4. The van der Waals surface area contributed by atoms with E-state index in [0.29, 0.717) is 17.2 Å². The Morgan fingerprint density at radius 1 is 1.41 bits per heavy atom. The molecule has 0 saturated carbocycles. The number of nitrogens with zero attached hydrogens (tertiary/aromatic N) is 3. The normalized spacial score (nSPS) is 10.6. The molecule has 2 aromatic rings. The number of Topliss-reactive ketones (excluding diaryl/α,β-unsaturated/α-hetero) is 1. The van der Waals surface area contributed by atoms with E-state index in [9.17, 15) is 9.59 Å². The van der Waals surface area contributed by atoms with Crippen LogP contribution in [-0.4, -0.2) is 26.9 Å². The Kier molecular flexibility index (Phi) is 4.62. The van der Waals surface area contributed by atoms with Gasteiger partial charge in [0.05, 0.1) is 0 Å². The fraction of sp³-hybridized carbons (Fsp3) is 0.0714. The van der Waals surface area contributed by atoms with Gasteiger partial charge in [-0.25, -0.2) is 5.10 Å². The van der Waals surface area contributed by atoms with Gasteiger partial charge in [-0.3, -0.25) is 9.59 Å². The van der Waals surface area contributed by atoms with Crippen LogP contribution in [0.2, 0.25) is 0 Å². The van der Waals surface area contributed by atoms with Gasteiger partial charge in [0.1, 0.15) is 18.0 Å². The van der Waals surface area contributed by atoms with Crippen molar-refractivity contribution >= 4 is 23.3 Å². The molecule has 3 N–H and O–H groups in total. The zero-order valence-corrected chi connectivity index (χ0v) is 11.6. The number of carbonyl (C=O) groups excluding carboxylic acids is 2. The van der Waals surface area contributed by atoms with Gasteiger partial charge in [-0.2, -0.15) is 15.3 Å². The van der Waals surface area contributed by atoms with Crippen LogP contribution in [0.15, 0.2) is 42.4 Å². The second-order valence-electron chi connectivity index (χ2n) is 4.24. The van der Waals surface area contributed by atoms with Crippen LogP contribution in [-0.2, 0) is 4.79 Å². The summed E-state index contributed by atoms with van der Waals surface area (Å²) < 4.78 is 0. The van der Waals surface area contributed by atoms with Crippen molar-refractivity contribution in [2.24, 2.45) is 0 Å². The quantitative estimate of drug-likeness (QED) is 0.436. The number of rotatable bonds is 5. The number of ketones is 1. The summed E-state index contributed by atoms with van der Waals surface area (Å²) in [6, 6.07) is 8.24. The van der Waals surface area contributed by atoms with E-state index in [4.69, 9.17) is 5.26 Å². The SMILES string of the molecule is CC(=O)c1cccc(NC(=O)/C(C#N)=C\Nc2ncn[nH]2)c1. The molecule has 0 spiro atoms. The van der Waals surface area contributed by atoms with E-state index in [1.807, 2.05) is 0 Å². The predicted octanol–water partition coefficient (Wildman–Crippen LogP) is 1.47. The van der Waals surface area contributed by atoms with E-state index < -0.39 is 5.91 Å². The summed E-state index contributed by atoms with van der Waals surface area (Å²) >= 11 is 0. The third-order valence-corrected chi connectivity index (χ3v) is 2.66. The van der Waals surface area contributed by atoms with Crippen molar-refractivity contribution in [2.75, 3.05) is 10.6 Å². The van der Waals surface area contributed by atoms with Gasteiger partial charge < -0.3 is 10.6 Å². The number of aromatic amines is 1. The number of anilines is 2. The second kappa shape index (κ2) is 6.81. The van der Waals surface area contributed by atoms with Crippen molar-refractivity contribution in [1.82, 2.24) is 15.2 Å². The van der Waals surface area contributed by atoms with Gasteiger partial charge >= 0.3 is 0 Å². The molecule has 110 valence electrons. The number of nitrogens with one attached hydrogen (secondary N) is 3. The highest BCUT2D eigenvalue weighted by atomic mass is 16.1. The fourth-order valence-electron chi connectivity index (χ4n) is 1.58. The standard InChI is InChI=1S/C14H12N6O2/c1-9(21)10-3-2-4-12(5-10)19-13(22)11(6-15)7-16-14-17-8-18-20-14/h2-5,7-8H,1H3,(H,19,22)(H2,16,17,18,20)/b11-7-. The Bertz CT molecular complexity index is 758. The molecule has 0 fully saturated rings. The highest BCUT2D eigenvalue weighted by Gasteiger charge is 2.10. The fourth-order valence-corrected chi connectivity index (χ4v) is 1.58. The van der Waals surface area contributed by atoms with E-state index in [2.05, 4.69) is 25.8 Å². The van der Waals surface area contributed by atoms with Crippen molar-refractivity contribution in [3.8, 4) is 6.07 Å². The lowest BCUT2D eigenvalue weighted by molar-refractivity contribution is -0.112. The van der Waals surface area contributed by atoms with Gasteiger partial charge in [0.25, 0.3) is 5.91 Å². The highest BCUT2D eigenvalue weighted by Crippen LogP contribution is 2.12. The number of amides is 1. The zero-order valence-electron chi connectivity index (χ0n) is 11.6. The lowest BCUT2D eigenvalue weighted by Gasteiger charge is -2.05. The first kappa shape index (κ1) is 14.9. The molecule has 0 aliphatic rings. The van der Waals surface area contributed by atoms with Gasteiger partial charge in [-0.1, -0.05) is 12.1 Å². The van der Waals surface area contributed by atoms with Gasteiger partial charge in [-0.15, -0.1) is 0 Å². The van der Waals surface area contributed by atoms with Crippen LogP contribution in [0.3, 0.4) is 0 Å². The van der Waals surface area contributed by atoms with Gasteiger partial charge in [0.15, 0.2) is 5.78 Å². The smallest absolute Gasteiger partial charge is 0.267 e. The van der Waals surface area contributed by atoms with Crippen molar-refractivity contribution in [3.63, 3.8) is 0 Å². The van der Waals surface area contributed by atoms with Crippen LogP contribution < -0.4 is 10.6 Å². The minimum Gasteiger partial charge on any atom is -0.330 e. The van der Waals surface area contributed by atoms with Crippen LogP contribution in [0.5, 0.6) is 0 Å². The van der Waals surface area contributed by atoms with Crippen LogP contribution in [0.25, 0.3) is 0 Å². The molecule has 22 heavy (non-hydrogen) atoms. The Hall–Kier alpha value is -3.47. The van der Waals surface area contributed by atoms with Crippen LogP contribution in [0, 0.1) is 11.3 Å². The largest absolute Gasteiger partial charge is 0.330 e. The lowest BCUT2D eigenvalue weighted by atomic mass is 10.1. The monoisotopic (exact) mass is 296 g/mol. The molecule has 0 aliphatic heterocycles. The molecule has 1 heterocycles. The Morgan fingerprint density at radius 3 is 2.86 bits per heavy atom. The van der Waals surface area contributed by atoms with E-state index in [1.165, 1.54) is 19.5 Å². The van der Waals surface area contributed by atoms with Crippen molar-refractivity contribution in [2.45, 2.75) is 6.92 Å². The Balaban J connectivity index is 2.09. The molecular weight excluding hydrogens is 284 g/mol. The molecule has 8 heteroatoms. The molecule has 2 rings (SSSR count). The minimum absolute atomic E-state index is 0.112. The Morgan fingerprint density at radius 2 is 2.23 bits per heavy atom. The molecule has 1 aromatic carbocycles. The highest BCUT2D eigenvalue weighted by molar-refractivity contribution is 6.07. The molecule has 1 amide bonds. The molecule has 0 bridgehead atoms. The van der Waals surface area contributed by atoms with E-state index >= 15 is 0 Å². The number of hydrogen-bond acceptors (Lipinski definition) is 6. The number of H-pyrrole nitrogens is 1. The van der Waals surface area contributed by atoms with Crippen LogP contribution >= 0.6 is 0 Å². The molecule has 1 aromatic heterocycles. The zero-order chi connectivity index (χ0) is 15.9. The maximum Gasteiger partial charge on any atom is 0.267 e. The number of carbonyl (C=O) groups is 2. The molecule has 8 nitrogen and oxygen atoms in total. The minimum atomic E-state index is -0.602. The van der Waals surface area contributed by atoms with Gasteiger partial charge in [0, 0.05) is 17.5 Å². The van der Waals surface area contributed by atoms with E-state index in [-0.39, 0.29) is 11.4 Å². The van der Waals surface area contributed by atoms with E-state index in [0.717, 1.165) is 0 Å². The van der Waals surface area contributed by atoms with E-state index in [1.54, 1.807) is 30.3 Å². The van der Waals surface area contributed by atoms with Crippen molar-refractivity contribution in [1.29, 1.82) is 5.26 Å². The average molecular weight is 296 g/mol. The summed E-state index contributed by atoms with van der Waals surface area (Å²) in [5.41, 5.74) is 0.753. The van der Waals surface area contributed by atoms with Gasteiger partial charge in [-0.05, 0) is 19.1 Å². The Labute approximate surface area is 125 Å². The summed E-state index contributed by atoms with van der Waals surface area (Å²) in [6.45, 7) is 1.43. The van der Waals surface area contributed by atoms with Crippen molar-refractivity contribution in [3.05, 3.63) is 47.9 Å². The number of hydrogen-bond donors (Lipinski definition) is 3. The first-order chi connectivity index (χ1) is 10.6. The van der Waals surface area contributed by atoms with Crippen molar-refractivity contribution < 1.29 is 9.59 Å². The average Bonchev–Trinajstić information content (AvgIpc) is 3.01. The molecule has 0 aliphatic carbocycles. The molecule has 0 unspecified atom stereocenters.